The molecule has 0 aliphatic carbocycles. The van der Waals surface area contributed by atoms with E-state index < -0.39 is 16.4 Å². The first kappa shape index (κ1) is 12.5. The third kappa shape index (κ3) is 2.19. The van der Waals surface area contributed by atoms with Crippen LogP contribution in [0.25, 0.3) is 0 Å². The standard InChI is InChI=1S/C12H14N2O4/c15-11(16)12(6-3-7-13-12)8-9-4-1-2-5-10(9)14(17)18/h1-2,4-5,13H,3,6-8H2,(H,15,16)/t12-/m0/s1. The normalized spacial score (nSPS) is 22.9. The molecule has 0 saturated carbocycles. The minimum Gasteiger partial charge on any atom is -0.480 e. The third-order valence-corrected chi connectivity index (χ3v) is 3.33. The van der Waals surface area contributed by atoms with Crippen molar-refractivity contribution in [2.24, 2.45) is 0 Å². The number of benzene rings is 1. The maximum atomic E-state index is 11.4. The Morgan fingerprint density at radius 1 is 1.50 bits per heavy atom. The Kier molecular flexibility index (Phi) is 3.29. The van der Waals surface area contributed by atoms with Crippen molar-refractivity contribution >= 4 is 11.7 Å². The van der Waals surface area contributed by atoms with Crippen molar-refractivity contribution in [3.63, 3.8) is 0 Å². The van der Waals surface area contributed by atoms with Crippen LogP contribution in [-0.2, 0) is 11.2 Å². The van der Waals surface area contributed by atoms with Gasteiger partial charge in [-0.15, -0.1) is 0 Å². The van der Waals surface area contributed by atoms with E-state index in [1.807, 2.05) is 0 Å². The summed E-state index contributed by atoms with van der Waals surface area (Å²) < 4.78 is 0. The zero-order valence-electron chi connectivity index (χ0n) is 9.76. The summed E-state index contributed by atoms with van der Waals surface area (Å²) in [7, 11) is 0. The lowest BCUT2D eigenvalue weighted by Crippen LogP contribution is -2.49. The second-order valence-corrected chi connectivity index (χ2v) is 4.48. The van der Waals surface area contributed by atoms with Gasteiger partial charge in [0.2, 0.25) is 0 Å². The largest absolute Gasteiger partial charge is 0.480 e. The first-order valence-electron chi connectivity index (χ1n) is 5.76. The van der Waals surface area contributed by atoms with E-state index in [0.717, 1.165) is 6.42 Å². The van der Waals surface area contributed by atoms with E-state index in [9.17, 15) is 20.0 Å². The zero-order valence-corrected chi connectivity index (χ0v) is 9.76. The number of carboxylic acids is 1. The van der Waals surface area contributed by atoms with Gasteiger partial charge in [-0.1, -0.05) is 18.2 Å². The van der Waals surface area contributed by atoms with E-state index in [2.05, 4.69) is 5.32 Å². The highest BCUT2D eigenvalue weighted by Gasteiger charge is 2.42. The average molecular weight is 250 g/mol. The molecule has 1 saturated heterocycles. The number of nitro groups is 1. The van der Waals surface area contributed by atoms with E-state index in [1.165, 1.54) is 6.07 Å². The van der Waals surface area contributed by atoms with Crippen LogP contribution in [0.1, 0.15) is 18.4 Å². The Labute approximate surface area is 104 Å². The fourth-order valence-electron chi connectivity index (χ4n) is 2.38. The van der Waals surface area contributed by atoms with Crippen molar-refractivity contribution in [3.8, 4) is 0 Å². The van der Waals surface area contributed by atoms with Gasteiger partial charge in [-0.05, 0) is 19.4 Å². The summed E-state index contributed by atoms with van der Waals surface area (Å²) in [6.07, 6.45) is 1.40. The van der Waals surface area contributed by atoms with Crippen LogP contribution in [0, 0.1) is 10.1 Å². The molecule has 2 rings (SSSR count). The highest BCUT2D eigenvalue weighted by molar-refractivity contribution is 5.80. The number of nitrogens with one attached hydrogen (secondary N) is 1. The Bertz CT molecular complexity index is 481. The van der Waals surface area contributed by atoms with E-state index in [4.69, 9.17) is 0 Å². The molecule has 0 amide bonds. The lowest BCUT2D eigenvalue weighted by molar-refractivity contribution is -0.385. The number of para-hydroxylation sites is 1. The van der Waals surface area contributed by atoms with Crippen molar-refractivity contribution in [2.75, 3.05) is 6.54 Å². The molecule has 6 nitrogen and oxygen atoms in total. The predicted molar refractivity (Wildman–Crippen MR) is 64.4 cm³/mol. The molecule has 1 aromatic carbocycles. The molecular formula is C12H14N2O4. The van der Waals surface area contributed by atoms with E-state index in [1.54, 1.807) is 18.2 Å². The molecule has 1 aromatic rings. The summed E-state index contributed by atoms with van der Waals surface area (Å²) in [6.45, 7) is 0.632. The first-order valence-corrected chi connectivity index (χ1v) is 5.76. The summed E-state index contributed by atoms with van der Waals surface area (Å²) in [5.41, 5.74) is -0.627. The molecule has 0 unspecified atom stereocenters. The van der Waals surface area contributed by atoms with Gasteiger partial charge in [-0.25, -0.2) is 0 Å². The van der Waals surface area contributed by atoms with Gasteiger partial charge in [-0.3, -0.25) is 14.9 Å². The molecule has 6 heteroatoms. The zero-order chi connectivity index (χ0) is 13.2. The first-order chi connectivity index (χ1) is 8.55. The highest BCUT2D eigenvalue weighted by Crippen LogP contribution is 2.28. The Morgan fingerprint density at radius 3 is 2.78 bits per heavy atom. The van der Waals surface area contributed by atoms with Crippen molar-refractivity contribution in [2.45, 2.75) is 24.8 Å². The lowest BCUT2D eigenvalue weighted by atomic mass is 9.89. The SMILES string of the molecule is O=C(O)[C@@]1(Cc2ccccc2[N+](=O)[O-])CCCN1. The van der Waals surface area contributed by atoms with Crippen LogP contribution in [0.5, 0.6) is 0 Å². The Hall–Kier alpha value is -1.95. The van der Waals surface area contributed by atoms with Gasteiger partial charge in [0.05, 0.1) is 4.92 Å². The molecule has 0 bridgehead atoms. The molecule has 0 spiro atoms. The Balaban J connectivity index is 2.33. The Morgan fingerprint density at radius 2 is 2.22 bits per heavy atom. The number of rotatable bonds is 4. The van der Waals surface area contributed by atoms with E-state index in [0.29, 0.717) is 18.5 Å². The van der Waals surface area contributed by atoms with Gasteiger partial charge in [0.1, 0.15) is 5.54 Å². The summed E-state index contributed by atoms with van der Waals surface area (Å²) >= 11 is 0. The molecular weight excluding hydrogens is 236 g/mol. The van der Waals surface area contributed by atoms with Gasteiger partial charge in [-0.2, -0.15) is 0 Å². The quantitative estimate of drug-likeness (QED) is 0.621. The number of carboxylic acid groups (broad SMARTS) is 1. The number of hydrogen-bond acceptors (Lipinski definition) is 4. The number of nitrogens with zero attached hydrogens (tertiary/aromatic N) is 1. The predicted octanol–water partition coefficient (Wildman–Crippen LogP) is 1.34. The number of nitro benzene ring substituents is 1. The van der Waals surface area contributed by atoms with Gasteiger partial charge in [0, 0.05) is 18.1 Å². The minimum absolute atomic E-state index is 0.0215. The monoisotopic (exact) mass is 250 g/mol. The van der Waals surface area contributed by atoms with Crippen molar-refractivity contribution < 1.29 is 14.8 Å². The molecule has 0 aromatic heterocycles. The molecule has 1 heterocycles. The summed E-state index contributed by atoms with van der Waals surface area (Å²) in [6, 6.07) is 6.28. The van der Waals surface area contributed by atoms with Gasteiger partial charge >= 0.3 is 5.97 Å². The summed E-state index contributed by atoms with van der Waals surface area (Å²) in [4.78, 5) is 21.8. The fourth-order valence-corrected chi connectivity index (χ4v) is 2.38. The smallest absolute Gasteiger partial charge is 0.324 e. The molecule has 1 aliphatic rings. The number of aliphatic carboxylic acids is 1. The van der Waals surface area contributed by atoms with Crippen LogP contribution in [0.2, 0.25) is 0 Å². The molecule has 18 heavy (non-hydrogen) atoms. The molecule has 2 N–H and O–H groups in total. The van der Waals surface area contributed by atoms with E-state index >= 15 is 0 Å². The molecule has 1 atom stereocenters. The minimum atomic E-state index is -1.06. The van der Waals surface area contributed by atoms with E-state index in [-0.39, 0.29) is 12.1 Å². The van der Waals surface area contributed by atoms with Crippen LogP contribution in [0.4, 0.5) is 5.69 Å². The second kappa shape index (κ2) is 4.73. The van der Waals surface area contributed by atoms with Crippen molar-refractivity contribution in [1.82, 2.24) is 5.32 Å². The average Bonchev–Trinajstić information content (AvgIpc) is 2.79. The van der Waals surface area contributed by atoms with Crippen LogP contribution in [0.15, 0.2) is 24.3 Å². The van der Waals surface area contributed by atoms with Crippen LogP contribution < -0.4 is 5.32 Å². The summed E-state index contributed by atoms with van der Waals surface area (Å²) in [5.74, 6) is -0.946. The van der Waals surface area contributed by atoms with Crippen LogP contribution >= 0.6 is 0 Å². The van der Waals surface area contributed by atoms with Crippen molar-refractivity contribution in [3.05, 3.63) is 39.9 Å². The maximum Gasteiger partial charge on any atom is 0.324 e. The van der Waals surface area contributed by atoms with Gasteiger partial charge in [0.25, 0.3) is 5.69 Å². The lowest BCUT2D eigenvalue weighted by Gasteiger charge is -2.24. The van der Waals surface area contributed by atoms with Crippen molar-refractivity contribution in [1.29, 1.82) is 0 Å². The molecule has 96 valence electrons. The molecule has 1 aliphatic heterocycles. The maximum absolute atomic E-state index is 11.4. The topological polar surface area (TPSA) is 92.5 Å². The van der Waals surface area contributed by atoms with Crippen LogP contribution in [0.3, 0.4) is 0 Å². The van der Waals surface area contributed by atoms with Gasteiger partial charge in [0.15, 0.2) is 0 Å². The second-order valence-electron chi connectivity index (χ2n) is 4.48. The van der Waals surface area contributed by atoms with Gasteiger partial charge < -0.3 is 10.4 Å². The highest BCUT2D eigenvalue weighted by atomic mass is 16.6. The molecule has 0 radical (unpaired) electrons. The number of hydrogen-bond donors (Lipinski definition) is 2. The van der Waals surface area contributed by atoms with Crippen LogP contribution in [-0.4, -0.2) is 28.1 Å². The number of carbonyl (C=O) groups is 1. The molecule has 1 fully saturated rings. The fraction of sp³-hybridized carbons (Fsp3) is 0.417. The third-order valence-electron chi connectivity index (χ3n) is 3.33. The summed E-state index contributed by atoms with van der Waals surface area (Å²) in [5, 5.41) is 23.2.